The molecule has 2 aromatic heterocycles. The highest BCUT2D eigenvalue weighted by atomic mass is 32.1. The van der Waals surface area contributed by atoms with Gasteiger partial charge in [0.1, 0.15) is 5.82 Å². The summed E-state index contributed by atoms with van der Waals surface area (Å²) in [7, 11) is 1.38. The van der Waals surface area contributed by atoms with Gasteiger partial charge in [0.15, 0.2) is 0 Å². The van der Waals surface area contributed by atoms with Crippen LogP contribution in [0.15, 0.2) is 48.0 Å². The van der Waals surface area contributed by atoms with E-state index in [0.717, 1.165) is 16.6 Å². The number of pyridine rings is 1. The summed E-state index contributed by atoms with van der Waals surface area (Å²) >= 11 is 1.69. The second-order valence-electron chi connectivity index (χ2n) is 4.49. The number of ether oxygens (including phenoxy) is 1. The van der Waals surface area contributed by atoms with Crippen molar-refractivity contribution in [2.24, 2.45) is 0 Å². The second-order valence-corrected chi connectivity index (χ2v) is 5.52. The minimum atomic E-state index is -0.372. The van der Waals surface area contributed by atoms with Crippen molar-refractivity contribution in [1.29, 1.82) is 0 Å². The number of anilines is 1. The summed E-state index contributed by atoms with van der Waals surface area (Å²) in [6.45, 7) is 0.715. The maximum atomic E-state index is 11.8. The predicted octanol–water partition coefficient (Wildman–Crippen LogP) is 3.70. The Hall–Kier alpha value is -2.40. The van der Waals surface area contributed by atoms with Crippen molar-refractivity contribution in [2.45, 2.75) is 6.54 Å². The van der Waals surface area contributed by atoms with Crippen LogP contribution in [0.1, 0.15) is 15.2 Å². The maximum absolute atomic E-state index is 11.8. The highest BCUT2D eigenvalue weighted by Gasteiger charge is 2.13. The molecule has 0 radical (unpaired) electrons. The van der Waals surface area contributed by atoms with E-state index in [-0.39, 0.29) is 5.97 Å². The van der Waals surface area contributed by atoms with Crippen LogP contribution in [0.5, 0.6) is 0 Å². The minimum absolute atomic E-state index is 0.372. The van der Waals surface area contributed by atoms with Gasteiger partial charge in [-0.3, -0.25) is 0 Å². The molecule has 4 nitrogen and oxygen atoms in total. The molecule has 0 saturated carbocycles. The molecule has 0 atom stereocenters. The summed E-state index contributed by atoms with van der Waals surface area (Å²) in [4.78, 5) is 17.4. The molecule has 0 unspecified atom stereocenters. The third-order valence-corrected chi connectivity index (χ3v) is 4.09. The molecule has 106 valence electrons. The number of hydrogen-bond donors (Lipinski definition) is 1. The average Bonchev–Trinajstić information content (AvgIpc) is 3.05. The molecule has 0 saturated heterocycles. The van der Waals surface area contributed by atoms with Crippen LogP contribution in [-0.2, 0) is 11.3 Å². The number of rotatable bonds is 4. The number of carbonyl (C=O) groups excluding carboxylic acids is 1. The van der Waals surface area contributed by atoms with Crippen molar-refractivity contribution in [3.8, 4) is 0 Å². The number of nitrogens with zero attached hydrogens (tertiary/aromatic N) is 1. The molecule has 0 aliphatic carbocycles. The summed E-state index contributed by atoms with van der Waals surface area (Å²) in [6.07, 6.45) is 1.56. The molecule has 3 rings (SSSR count). The number of methoxy groups -OCH3 is 1. The Morgan fingerprint density at radius 3 is 2.76 bits per heavy atom. The van der Waals surface area contributed by atoms with Crippen LogP contribution in [0.25, 0.3) is 10.8 Å². The van der Waals surface area contributed by atoms with E-state index in [1.54, 1.807) is 17.5 Å². The summed E-state index contributed by atoms with van der Waals surface area (Å²) in [5.41, 5.74) is 0.481. The Morgan fingerprint density at radius 2 is 2.05 bits per heavy atom. The molecule has 0 spiro atoms. The molecule has 2 heterocycles. The van der Waals surface area contributed by atoms with Gasteiger partial charge < -0.3 is 10.1 Å². The van der Waals surface area contributed by atoms with Crippen molar-refractivity contribution in [1.82, 2.24) is 4.98 Å². The number of thiophene rings is 1. The van der Waals surface area contributed by atoms with E-state index >= 15 is 0 Å². The van der Waals surface area contributed by atoms with Crippen molar-refractivity contribution < 1.29 is 9.53 Å². The molecule has 1 N–H and O–H groups in total. The highest BCUT2D eigenvalue weighted by molar-refractivity contribution is 7.09. The molecular formula is C16H14N2O2S. The molecule has 0 fully saturated rings. The van der Waals surface area contributed by atoms with Crippen LogP contribution in [0.3, 0.4) is 0 Å². The first-order chi connectivity index (χ1) is 10.3. The summed E-state index contributed by atoms with van der Waals surface area (Å²) in [5, 5.41) is 7.12. The van der Waals surface area contributed by atoms with Gasteiger partial charge in [0.25, 0.3) is 0 Å². The third-order valence-electron chi connectivity index (χ3n) is 3.21. The third kappa shape index (κ3) is 2.73. The first-order valence-electron chi connectivity index (χ1n) is 6.52. The van der Waals surface area contributed by atoms with E-state index in [9.17, 15) is 4.79 Å². The summed E-state index contributed by atoms with van der Waals surface area (Å²) < 4.78 is 4.81. The van der Waals surface area contributed by atoms with E-state index in [1.807, 2.05) is 35.7 Å². The number of esters is 1. The number of aromatic nitrogens is 1. The van der Waals surface area contributed by atoms with Crippen LogP contribution in [0, 0.1) is 0 Å². The topological polar surface area (TPSA) is 51.2 Å². The largest absolute Gasteiger partial charge is 0.465 e. The quantitative estimate of drug-likeness (QED) is 0.746. The fraction of sp³-hybridized carbons (Fsp3) is 0.125. The summed E-state index contributed by atoms with van der Waals surface area (Å²) in [6, 6.07) is 11.8. The van der Waals surface area contributed by atoms with Gasteiger partial charge in [0.05, 0.1) is 19.2 Å². The van der Waals surface area contributed by atoms with Crippen molar-refractivity contribution in [3.05, 3.63) is 58.4 Å². The molecule has 0 bridgehead atoms. The van der Waals surface area contributed by atoms with Gasteiger partial charge >= 0.3 is 5.97 Å². The lowest BCUT2D eigenvalue weighted by Crippen LogP contribution is -2.06. The smallest absolute Gasteiger partial charge is 0.340 e. The zero-order valence-corrected chi connectivity index (χ0v) is 12.3. The van der Waals surface area contributed by atoms with Gasteiger partial charge in [-0.25, -0.2) is 9.78 Å². The number of carbonyl (C=O) groups is 1. The molecule has 1 aromatic carbocycles. The van der Waals surface area contributed by atoms with Crippen LogP contribution in [-0.4, -0.2) is 18.1 Å². The van der Waals surface area contributed by atoms with Crippen molar-refractivity contribution in [2.75, 3.05) is 12.4 Å². The first kappa shape index (κ1) is 13.6. The Kier molecular flexibility index (Phi) is 3.83. The van der Waals surface area contributed by atoms with Crippen LogP contribution in [0.4, 0.5) is 5.82 Å². The molecular weight excluding hydrogens is 284 g/mol. The number of fused-ring (bicyclic) bond motifs is 1. The number of nitrogens with one attached hydrogen (secondary N) is 1. The fourth-order valence-electron chi connectivity index (χ4n) is 2.19. The average molecular weight is 298 g/mol. The van der Waals surface area contributed by atoms with Crippen LogP contribution < -0.4 is 5.32 Å². The van der Waals surface area contributed by atoms with Gasteiger partial charge in [0.2, 0.25) is 0 Å². The number of benzene rings is 1. The first-order valence-corrected chi connectivity index (χ1v) is 7.40. The monoisotopic (exact) mass is 298 g/mol. The molecule has 0 aliphatic heterocycles. The van der Waals surface area contributed by atoms with Gasteiger partial charge in [-0.05, 0) is 11.4 Å². The van der Waals surface area contributed by atoms with Crippen LogP contribution in [0.2, 0.25) is 0 Å². The minimum Gasteiger partial charge on any atom is -0.465 e. The molecule has 0 amide bonds. The van der Waals surface area contributed by atoms with Gasteiger partial charge in [0, 0.05) is 21.8 Å². The van der Waals surface area contributed by atoms with E-state index in [1.165, 1.54) is 12.0 Å². The Labute approximate surface area is 126 Å². The second kappa shape index (κ2) is 5.93. The zero-order chi connectivity index (χ0) is 14.7. The Balaban J connectivity index is 1.98. The van der Waals surface area contributed by atoms with E-state index in [0.29, 0.717) is 12.1 Å². The van der Waals surface area contributed by atoms with Gasteiger partial charge in [-0.2, -0.15) is 0 Å². The number of hydrogen-bond acceptors (Lipinski definition) is 5. The predicted molar refractivity (Wildman–Crippen MR) is 84.7 cm³/mol. The van der Waals surface area contributed by atoms with Gasteiger partial charge in [-0.15, -0.1) is 11.3 Å². The standard InChI is InChI=1S/C16H14N2O2S/c1-20-16(19)14-10-18-15(13-7-3-2-6-12(13)14)17-9-11-5-4-8-21-11/h2-8,10H,9H2,1H3,(H,17,18). The molecule has 3 aromatic rings. The Morgan fingerprint density at radius 1 is 1.24 bits per heavy atom. The zero-order valence-electron chi connectivity index (χ0n) is 11.5. The van der Waals surface area contributed by atoms with Crippen molar-refractivity contribution >= 4 is 33.9 Å². The SMILES string of the molecule is COC(=O)c1cnc(NCc2cccs2)c2ccccc12. The maximum Gasteiger partial charge on any atom is 0.340 e. The van der Waals surface area contributed by atoms with Gasteiger partial charge in [-0.1, -0.05) is 30.3 Å². The lowest BCUT2D eigenvalue weighted by atomic mass is 10.1. The molecule has 21 heavy (non-hydrogen) atoms. The van der Waals surface area contributed by atoms with E-state index in [2.05, 4.69) is 16.4 Å². The molecule has 5 heteroatoms. The fourth-order valence-corrected chi connectivity index (χ4v) is 2.83. The Bertz CT molecular complexity index is 769. The highest BCUT2D eigenvalue weighted by Crippen LogP contribution is 2.25. The van der Waals surface area contributed by atoms with E-state index < -0.39 is 0 Å². The molecule has 0 aliphatic rings. The van der Waals surface area contributed by atoms with Crippen molar-refractivity contribution in [3.63, 3.8) is 0 Å². The van der Waals surface area contributed by atoms with E-state index in [4.69, 9.17) is 4.74 Å². The van der Waals surface area contributed by atoms with Crippen LogP contribution >= 0.6 is 11.3 Å². The normalized spacial score (nSPS) is 10.5. The lowest BCUT2D eigenvalue weighted by Gasteiger charge is -2.10. The summed E-state index contributed by atoms with van der Waals surface area (Å²) in [5.74, 6) is 0.398. The lowest BCUT2D eigenvalue weighted by molar-refractivity contribution is 0.0602.